The Labute approximate surface area is 157 Å². The number of aromatic nitrogens is 1. The van der Waals surface area contributed by atoms with Crippen molar-refractivity contribution in [2.24, 2.45) is 0 Å². The van der Waals surface area contributed by atoms with E-state index in [1.807, 2.05) is 31.2 Å². The number of carbonyl (C=O) groups excluding carboxylic acids is 2. The quantitative estimate of drug-likeness (QED) is 0.846. The third-order valence-corrected chi connectivity index (χ3v) is 5.41. The number of anilines is 1. The topological polar surface area (TPSA) is 74.3 Å². The molecule has 2 aromatic rings. The zero-order valence-corrected chi connectivity index (χ0v) is 16.2. The summed E-state index contributed by atoms with van der Waals surface area (Å²) in [7, 11) is 2.08. The van der Waals surface area contributed by atoms with E-state index in [2.05, 4.69) is 27.6 Å². The van der Waals surface area contributed by atoms with Gasteiger partial charge >= 0.3 is 0 Å². The van der Waals surface area contributed by atoms with Crippen LogP contribution in [-0.2, 0) is 22.6 Å². The molecule has 0 bridgehead atoms. The Kier molecular flexibility index (Phi) is 5.68. The van der Waals surface area contributed by atoms with Crippen LogP contribution in [0.5, 0.6) is 0 Å². The monoisotopic (exact) mass is 372 g/mol. The second kappa shape index (κ2) is 7.97. The first-order valence-corrected chi connectivity index (χ1v) is 9.53. The van der Waals surface area contributed by atoms with E-state index in [0.29, 0.717) is 5.13 Å². The zero-order valence-electron chi connectivity index (χ0n) is 15.3. The number of hydrogen-bond acceptors (Lipinski definition) is 5. The molecule has 0 fully saturated rings. The molecule has 26 heavy (non-hydrogen) atoms. The fourth-order valence-electron chi connectivity index (χ4n) is 3.03. The molecule has 2 heterocycles. The van der Waals surface area contributed by atoms with Crippen molar-refractivity contribution >= 4 is 28.3 Å². The van der Waals surface area contributed by atoms with Crippen molar-refractivity contribution in [3.63, 3.8) is 0 Å². The van der Waals surface area contributed by atoms with Crippen molar-refractivity contribution in [1.29, 1.82) is 0 Å². The van der Waals surface area contributed by atoms with E-state index in [4.69, 9.17) is 0 Å². The minimum atomic E-state index is -0.353. The third kappa shape index (κ3) is 4.68. The molecule has 2 N–H and O–H groups in total. The molecule has 1 atom stereocenters. The predicted molar refractivity (Wildman–Crippen MR) is 103 cm³/mol. The molecule has 7 heteroatoms. The van der Waals surface area contributed by atoms with Crippen LogP contribution in [0.1, 0.15) is 41.1 Å². The molecule has 0 aliphatic carbocycles. The highest BCUT2D eigenvalue weighted by atomic mass is 32.1. The number of carbonyl (C=O) groups is 2. The minimum Gasteiger partial charge on any atom is -0.349 e. The van der Waals surface area contributed by atoms with Gasteiger partial charge in [0.25, 0.3) is 0 Å². The van der Waals surface area contributed by atoms with Gasteiger partial charge in [-0.1, -0.05) is 29.8 Å². The lowest BCUT2D eigenvalue weighted by Crippen LogP contribution is -2.29. The normalized spacial score (nSPS) is 15.2. The molecule has 1 unspecified atom stereocenters. The number of amides is 2. The standard InChI is InChI=1S/C19H24N4O2S/c1-12-4-6-14(7-5-12)16(20-13(2)24)10-18(25)22-19-21-15-8-9-23(3)11-17(15)26-19/h4-7,16H,8-11H2,1-3H3,(H,20,24)(H,21,22,25). The summed E-state index contributed by atoms with van der Waals surface area (Å²) in [5.41, 5.74) is 3.14. The number of nitrogens with one attached hydrogen (secondary N) is 2. The van der Waals surface area contributed by atoms with Crippen LogP contribution < -0.4 is 10.6 Å². The first kappa shape index (κ1) is 18.5. The zero-order chi connectivity index (χ0) is 18.7. The molecule has 0 saturated heterocycles. The van der Waals surface area contributed by atoms with Gasteiger partial charge in [0, 0.05) is 31.3 Å². The first-order valence-electron chi connectivity index (χ1n) is 8.71. The number of rotatable bonds is 5. The molecule has 138 valence electrons. The maximum absolute atomic E-state index is 12.5. The lowest BCUT2D eigenvalue weighted by atomic mass is 10.0. The number of likely N-dealkylation sites (N-methyl/N-ethyl adjacent to an activating group) is 1. The average Bonchev–Trinajstić information content (AvgIpc) is 2.95. The first-order chi connectivity index (χ1) is 12.4. The smallest absolute Gasteiger partial charge is 0.228 e. The van der Waals surface area contributed by atoms with E-state index < -0.39 is 0 Å². The Morgan fingerprint density at radius 3 is 2.73 bits per heavy atom. The van der Waals surface area contributed by atoms with E-state index >= 15 is 0 Å². The van der Waals surface area contributed by atoms with Gasteiger partial charge in [0.05, 0.1) is 18.2 Å². The molecule has 0 saturated carbocycles. The minimum absolute atomic E-state index is 0.149. The van der Waals surface area contributed by atoms with Crippen LogP contribution in [0, 0.1) is 6.92 Å². The molecule has 0 radical (unpaired) electrons. The van der Waals surface area contributed by atoms with Gasteiger partial charge in [0.2, 0.25) is 11.8 Å². The molecule has 6 nitrogen and oxygen atoms in total. The molecule has 0 spiro atoms. The van der Waals surface area contributed by atoms with Crippen molar-refractivity contribution < 1.29 is 9.59 Å². The fourth-order valence-corrected chi connectivity index (χ4v) is 4.13. The Morgan fingerprint density at radius 2 is 2.04 bits per heavy atom. The second-order valence-corrected chi connectivity index (χ2v) is 7.88. The van der Waals surface area contributed by atoms with Gasteiger partial charge in [-0.25, -0.2) is 4.98 Å². The van der Waals surface area contributed by atoms with Crippen LogP contribution in [0.15, 0.2) is 24.3 Å². The highest BCUT2D eigenvalue weighted by molar-refractivity contribution is 7.15. The summed E-state index contributed by atoms with van der Waals surface area (Å²) in [4.78, 5) is 32.1. The molecule has 1 aromatic heterocycles. The second-order valence-electron chi connectivity index (χ2n) is 6.79. The Hall–Kier alpha value is -2.25. The van der Waals surface area contributed by atoms with E-state index in [0.717, 1.165) is 36.3 Å². The fraction of sp³-hybridized carbons (Fsp3) is 0.421. The third-order valence-electron chi connectivity index (χ3n) is 4.42. The summed E-state index contributed by atoms with van der Waals surface area (Å²) in [6.07, 6.45) is 1.09. The van der Waals surface area contributed by atoms with E-state index in [-0.39, 0.29) is 24.3 Å². The van der Waals surface area contributed by atoms with Crippen molar-refractivity contribution in [1.82, 2.24) is 15.2 Å². The van der Waals surface area contributed by atoms with E-state index in [9.17, 15) is 9.59 Å². The van der Waals surface area contributed by atoms with Gasteiger partial charge in [-0.2, -0.15) is 0 Å². The summed E-state index contributed by atoms with van der Waals surface area (Å²) in [6, 6.07) is 7.50. The SMILES string of the molecule is CC(=O)NC(CC(=O)Nc1nc2c(s1)CN(C)CC2)c1ccc(C)cc1. The summed E-state index contributed by atoms with van der Waals surface area (Å²) in [5, 5.41) is 6.40. The van der Waals surface area contributed by atoms with Crippen molar-refractivity contribution in [2.75, 3.05) is 18.9 Å². The molecule has 1 aromatic carbocycles. The predicted octanol–water partition coefficient (Wildman–Crippen LogP) is 2.65. The molecule has 2 amide bonds. The van der Waals surface area contributed by atoms with Crippen LogP contribution >= 0.6 is 11.3 Å². The van der Waals surface area contributed by atoms with E-state index in [1.165, 1.54) is 23.1 Å². The van der Waals surface area contributed by atoms with Gasteiger partial charge in [0.1, 0.15) is 0 Å². The number of nitrogens with zero attached hydrogens (tertiary/aromatic N) is 2. The van der Waals surface area contributed by atoms with Crippen molar-refractivity contribution in [3.05, 3.63) is 46.0 Å². The number of benzene rings is 1. The molecule has 1 aliphatic heterocycles. The summed E-state index contributed by atoms with van der Waals surface area (Å²) in [6.45, 7) is 5.33. The molecule has 3 rings (SSSR count). The van der Waals surface area contributed by atoms with E-state index in [1.54, 1.807) is 0 Å². The number of hydrogen-bond donors (Lipinski definition) is 2. The van der Waals surface area contributed by atoms with Gasteiger partial charge < -0.3 is 15.5 Å². The Morgan fingerprint density at radius 1 is 1.31 bits per heavy atom. The van der Waals surface area contributed by atoms with Crippen LogP contribution in [0.2, 0.25) is 0 Å². The largest absolute Gasteiger partial charge is 0.349 e. The van der Waals surface area contributed by atoms with Crippen LogP contribution in [0.4, 0.5) is 5.13 Å². The summed E-state index contributed by atoms with van der Waals surface area (Å²) >= 11 is 1.53. The van der Waals surface area contributed by atoms with Crippen LogP contribution in [-0.4, -0.2) is 35.3 Å². The molecular weight excluding hydrogens is 348 g/mol. The lowest BCUT2D eigenvalue weighted by molar-refractivity contribution is -0.120. The highest BCUT2D eigenvalue weighted by Crippen LogP contribution is 2.28. The van der Waals surface area contributed by atoms with Crippen LogP contribution in [0.25, 0.3) is 0 Å². The summed E-state index contributed by atoms with van der Waals surface area (Å²) in [5.74, 6) is -0.306. The number of thiazole rings is 1. The molecule has 1 aliphatic rings. The van der Waals surface area contributed by atoms with Crippen molar-refractivity contribution in [3.8, 4) is 0 Å². The highest BCUT2D eigenvalue weighted by Gasteiger charge is 2.21. The average molecular weight is 372 g/mol. The number of aryl methyl sites for hydroxylation is 1. The van der Waals surface area contributed by atoms with Gasteiger partial charge in [-0.05, 0) is 19.5 Å². The summed E-state index contributed by atoms with van der Waals surface area (Å²) < 4.78 is 0. The van der Waals surface area contributed by atoms with Crippen molar-refractivity contribution in [2.45, 2.75) is 39.3 Å². The maximum Gasteiger partial charge on any atom is 0.228 e. The van der Waals surface area contributed by atoms with Gasteiger partial charge in [-0.15, -0.1) is 11.3 Å². The Balaban J connectivity index is 1.68. The number of fused-ring (bicyclic) bond motifs is 1. The Bertz CT molecular complexity index is 800. The maximum atomic E-state index is 12.5. The van der Waals surface area contributed by atoms with Crippen LogP contribution in [0.3, 0.4) is 0 Å². The molecular formula is C19H24N4O2S. The lowest BCUT2D eigenvalue weighted by Gasteiger charge is -2.20. The van der Waals surface area contributed by atoms with Gasteiger partial charge in [-0.3, -0.25) is 9.59 Å². The van der Waals surface area contributed by atoms with Gasteiger partial charge in [0.15, 0.2) is 5.13 Å².